The second kappa shape index (κ2) is 6.39. The molecule has 2 aromatic carbocycles. The molecule has 1 saturated heterocycles. The summed E-state index contributed by atoms with van der Waals surface area (Å²) in [5.41, 5.74) is 3.25. The minimum absolute atomic E-state index is 0.0219. The zero-order valence-electron chi connectivity index (χ0n) is 14.6. The molecule has 6 nitrogen and oxygen atoms in total. The number of carbonyl (C=O) groups excluding carboxylic acids is 1. The Morgan fingerprint density at radius 3 is 3.04 bits per heavy atom. The minimum Gasteiger partial charge on any atom is -0.486 e. The number of imidazole rings is 1. The third-order valence-electron chi connectivity index (χ3n) is 4.99. The molecule has 0 spiro atoms. The number of nitrogens with zero attached hydrogens (tertiary/aromatic N) is 3. The molecule has 4 aromatic rings. The summed E-state index contributed by atoms with van der Waals surface area (Å²) < 4.78 is 6.19. The highest BCUT2D eigenvalue weighted by molar-refractivity contribution is 5.97. The summed E-state index contributed by atoms with van der Waals surface area (Å²) in [4.78, 5) is 26.4. The van der Waals surface area contributed by atoms with Crippen molar-refractivity contribution >= 4 is 27.8 Å². The first-order valence-corrected chi connectivity index (χ1v) is 9.01. The maximum atomic E-state index is 12.8. The van der Waals surface area contributed by atoms with Crippen LogP contribution in [0.25, 0.3) is 21.9 Å². The normalized spacial score (nSPS) is 16.9. The number of aromatic nitrogens is 3. The van der Waals surface area contributed by atoms with Gasteiger partial charge in [-0.2, -0.15) is 0 Å². The minimum atomic E-state index is -0.0301. The Balaban J connectivity index is 1.32. The highest BCUT2D eigenvalue weighted by atomic mass is 16.5. The van der Waals surface area contributed by atoms with E-state index in [1.54, 1.807) is 12.5 Å². The first-order chi connectivity index (χ1) is 13.3. The van der Waals surface area contributed by atoms with Crippen LogP contribution in [-0.4, -0.2) is 45.0 Å². The number of hydrogen-bond acceptors (Lipinski definition) is 4. The van der Waals surface area contributed by atoms with Crippen LogP contribution in [0.2, 0.25) is 0 Å². The number of ether oxygens (including phenoxy) is 1. The monoisotopic (exact) mass is 358 g/mol. The number of benzene rings is 2. The number of para-hydroxylation sites is 1. The highest BCUT2D eigenvalue weighted by Crippen LogP contribution is 2.26. The number of fused-ring (bicyclic) bond motifs is 2. The molecule has 2 aromatic heterocycles. The van der Waals surface area contributed by atoms with Crippen LogP contribution < -0.4 is 4.74 Å². The van der Waals surface area contributed by atoms with Gasteiger partial charge in [0.05, 0.1) is 23.9 Å². The summed E-state index contributed by atoms with van der Waals surface area (Å²) in [6.45, 7) is 1.26. The van der Waals surface area contributed by atoms with Gasteiger partial charge in [0.15, 0.2) is 0 Å². The van der Waals surface area contributed by atoms with Crippen molar-refractivity contribution in [3.8, 4) is 5.75 Å². The van der Waals surface area contributed by atoms with E-state index in [1.807, 2.05) is 53.4 Å². The standard InChI is InChI=1S/C21H18N4O2/c26-21(15-6-7-17-18(11-15)24-13-23-17)25-10-8-16(12-25)27-19-5-1-3-14-4-2-9-22-20(14)19/h1-7,9,11,13,16H,8,10,12H2,(H,23,24). The number of likely N-dealkylation sites (tertiary alicyclic amines) is 1. The van der Waals surface area contributed by atoms with Crippen LogP contribution in [0.3, 0.4) is 0 Å². The van der Waals surface area contributed by atoms with E-state index >= 15 is 0 Å². The summed E-state index contributed by atoms with van der Waals surface area (Å²) in [6, 6.07) is 15.4. The summed E-state index contributed by atoms with van der Waals surface area (Å²) in [7, 11) is 0. The Labute approximate surface area is 155 Å². The van der Waals surface area contributed by atoms with Crippen molar-refractivity contribution in [2.45, 2.75) is 12.5 Å². The van der Waals surface area contributed by atoms with E-state index in [9.17, 15) is 4.79 Å². The second-order valence-corrected chi connectivity index (χ2v) is 6.75. The number of pyridine rings is 1. The van der Waals surface area contributed by atoms with Crippen molar-refractivity contribution in [2.75, 3.05) is 13.1 Å². The molecule has 1 unspecified atom stereocenters. The first kappa shape index (κ1) is 15.8. The average molecular weight is 358 g/mol. The van der Waals surface area contributed by atoms with Gasteiger partial charge in [-0.05, 0) is 30.3 Å². The molecule has 1 atom stereocenters. The van der Waals surface area contributed by atoms with Crippen LogP contribution in [-0.2, 0) is 0 Å². The molecular weight excluding hydrogens is 340 g/mol. The molecule has 0 aliphatic carbocycles. The van der Waals surface area contributed by atoms with Crippen LogP contribution in [0.4, 0.5) is 0 Å². The molecule has 1 amide bonds. The van der Waals surface area contributed by atoms with Crippen LogP contribution in [0, 0.1) is 0 Å². The van der Waals surface area contributed by atoms with Crippen LogP contribution in [0.5, 0.6) is 5.75 Å². The van der Waals surface area contributed by atoms with Crippen molar-refractivity contribution in [2.24, 2.45) is 0 Å². The average Bonchev–Trinajstić information content (AvgIpc) is 3.36. The first-order valence-electron chi connectivity index (χ1n) is 9.01. The highest BCUT2D eigenvalue weighted by Gasteiger charge is 2.29. The fraction of sp³-hybridized carbons (Fsp3) is 0.190. The van der Waals surface area contributed by atoms with E-state index in [2.05, 4.69) is 15.0 Å². The largest absolute Gasteiger partial charge is 0.486 e. The number of carbonyl (C=O) groups is 1. The molecule has 134 valence electrons. The van der Waals surface area contributed by atoms with Crippen molar-refractivity contribution in [3.05, 3.63) is 66.6 Å². The molecule has 1 aliphatic rings. The third kappa shape index (κ3) is 2.89. The Morgan fingerprint density at radius 1 is 1.15 bits per heavy atom. The number of nitrogens with one attached hydrogen (secondary N) is 1. The lowest BCUT2D eigenvalue weighted by Gasteiger charge is -2.18. The molecule has 5 rings (SSSR count). The van der Waals surface area contributed by atoms with Gasteiger partial charge in [0.1, 0.15) is 17.4 Å². The van der Waals surface area contributed by atoms with E-state index < -0.39 is 0 Å². The Bertz CT molecular complexity index is 1130. The molecule has 0 radical (unpaired) electrons. The van der Waals surface area contributed by atoms with Gasteiger partial charge in [0, 0.05) is 30.1 Å². The van der Waals surface area contributed by atoms with Gasteiger partial charge < -0.3 is 14.6 Å². The summed E-state index contributed by atoms with van der Waals surface area (Å²) in [6.07, 6.45) is 4.18. The smallest absolute Gasteiger partial charge is 0.254 e. The number of rotatable bonds is 3. The molecule has 6 heteroatoms. The van der Waals surface area contributed by atoms with Crippen LogP contribution in [0.1, 0.15) is 16.8 Å². The third-order valence-corrected chi connectivity index (χ3v) is 4.99. The van der Waals surface area contributed by atoms with Crippen molar-refractivity contribution in [1.29, 1.82) is 0 Å². The second-order valence-electron chi connectivity index (χ2n) is 6.75. The lowest BCUT2D eigenvalue weighted by Crippen LogP contribution is -2.30. The fourth-order valence-corrected chi connectivity index (χ4v) is 3.61. The SMILES string of the molecule is O=C(c1ccc2nc[nH]c2c1)N1CCC(Oc2cccc3cccnc23)C1. The van der Waals surface area contributed by atoms with Gasteiger partial charge in [-0.15, -0.1) is 0 Å². The van der Waals surface area contributed by atoms with E-state index in [4.69, 9.17) is 4.74 Å². The summed E-state index contributed by atoms with van der Waals surface area (Å²) in [5.74, 6) is 0.792. The molecule has 1 fully saturated rings. The van der Waals surface area contributed by atoms with E-state index in [0.29, 0.717) is 18.7 Å². The number of aromatic amines is 1. The molecule has 0 saturated carbocycles. The van der Waals surface area contributed by atoms with Gasteiger partial charge in [0.25, 0.3) is 5.91 Å². The number of H-pyrrole nitrogens is 1. The van der Waals surface area contributed by atoms with Crippen LogP contribution in [0.15, 0.2) is 61.1 Å². The molecular formula is C21H18N4O2. The molecule has 1 aliphatic heterocycles. The fourth-order valence-electron chi connectivity index (χ4n) is 3.61. The zero-order valence-corrected chi connectivity index (χ0v) is 14.6. The van der Waals surface area contributed by atoms with Gasteiger partial charge >= 0.3 is 0 Å². The van der Waals surface area contributed by atoms with Crippen molar-refractivity contribution in [3.63, 3.8) is 0 Å². The Morgan fingerprint density at radius 2 is 2.07 bits per heavy atom. The zero-order chi connectivity index (χ0) is 18.2. The molecule has 27 heavy (non-hydrogen) atoms. The van der Waals surface area contributed by atoms with Crippen molar-refractivity contribution < 1.29 is 9.53 Å². The Kier molecular flexibility index (Phi) is 3.74. The molecule has 1 N–H and O–H groups in total. The van der Waals surface area contributed by atoms with Crippen molar-refractivity contribution in [1.82, 2.24) is 19.9 Å². The molecule has 3 heterocycles. The molecule has 0 bridgehead atoms. The Hall–Kier alpha value is -3.41. The van der Waals surface area contributed by atoms with E-state index in [-0.39, 0.29) is 12.0 Å². The van der Waals surface area contributed by atoms with Gasteiger partial charge in [0.2, 0.25) is 0 Å². The van der Waals surface area contributed by atoms with E-state index in [0.717, 1.165) is 34.1 Å². The summed E-state index contributed by atoms with van der Waals surface area (Å²) >= 11 is 0. The predicted molar refractivity (Wildman–Crippen MR) is 103 cm³/mol. The number of amides is 1. The number of hydrogen-bond donors (Lipinski definition) is 1. The van der Waals surface area contributed by atoms with E-state index in [1.165, 1.54) is 0 Å². The van der Waals surface area contributed by atoms with Crippen LogP contribution >= 0.6 is 0 Å². The lowest BCUT2D eigenvalue weighted by molar-refractivity contribution is 0.0773. The maximum absolute atomic E-state index is 12.8. The predicted octanol–water partition coefficient (Wildman–Crippen LogP) is 3.40. The van der Waals surface area contributed by atoms with Gasteiger partial charge in [-0.3, -0.25) is 9.78 Å². The maximum Gasteiger partial charge on any atom is 0.254 e. The lowest BCUT2D eigenvalue weighted by atomic mass is 10.2. The van der Waals surface area contributed by atoms with Gasteiger partial charge in [-0.1, -0.05) is 18.2 Å². The topological polar surface area (TPSA) is 71.1 Å². The summed E-state index contributed by atoms with van der Waals surface area (Å²) in [5, 5.41) is 1.05. The van der Waals surface area contributed by atoms with Gasteiger partial charge in [-0.25, -0.2) is 4.98 Å². The quantitative estimate of drug-likeness (QED) is 0.609.